The number of unbranched alkanes of at least 4 members (excludes halogenated alkanes) is 2. The Morgan fingerprint density at radius 2 is 1.22 bits per heavy atom. The average molecular weight is 414 g/mol. The fourth-order valence-electron chi connectivity index (χ4n) is 5.48. The molecule has 27 heavy (non-hydrogen) atoms. The predicted molar refractivity (Wildman–Crippen MR) is 128 cm³/mol. The predicted octanol–water partition coefficient (Wildman–Crippen LogP) is 6.37. The molecule has 0 aromatic carbocycles. The molecule has 5 heteroatoms. The molecule has 1 fully saturated rings. The van der Waals surface area contributed by atoms with Gasteiger partial charge < -0.3 is 14.2 Å². The van der Waals surface area contributed by atoms with E-state index < -0.39 is 16.8 Å². The molecule has 0 unspecified atom stereocenters. The molecule has 0 aromatic rings. The van der Waals surface area contributed by atoms with Crippen molar-refractivity contribution in [2.45, 2.75) is 123 Å². The minimum atomic E-state index is -1.90. The van der Waals surface area contributed by atoms with E-state index in [2.05, 4.69) is 55.7 Å². The molecule has 1 aliphatic carbocycles. The number of nitrogens with one attached hydrogen (secondary N) is 2. The average Bonchev–Trinajstić information content (AvgIpc) is 2.72. The zero-order valence-electron chi connectivity index (χ0n) is 19.6. The van der Waals surface area contributed by atoms with Gasteiger partial charge in [0.15, 0.2) is 0 Å². The zero-order valence-corrected chi connectivity index (χ0v) is 21.6. The Morgan fingerprint density at radius 3 is 1.59 bits per heavy atom. The van der Waals surface area contributed by atoms with E-state index in [4.69, 9.17) is 0 Å². The molecule has 1 rings (SSSR count). The normalized spacial score (nSPS) is 17.0. The summed E-state index contributed by atoms with van der Waals surface area (Å²) in [5.41, 5.74) is 0.886. The lowest BCUT2D eigenvalue weighted by molar-refractivity contribution is 0.434. The third-order valence-corrected chi connectivity index (χ3v) is 19.7. The van der Waals surface area contributed by atoms with Gasteiger partial charge in [-0.3, -0.25) is 0 Å². The molecule has 0 heterocycles. The molecule has 0 radical (unpaired) electrons. The van der Waals surface area contributed by atoms with E-state index in [1.165, 1.54) is 95.6 Å². The number of hydrogen-bond donors (Lipinski definition) is 2. The smallest absolute Gasteiger partial charge is 0.280 e. The fraction of sp³-hybridized carbons (Fsp3) is 1.00. The molecule has 0 aliphatic heterocycles. The largest absolute Gasteiger partial charge is 0.321 e. The quantitative estimate of drug-likeness (QED) is 0.241. The molecule has 0 spiro atoms. The van der Waals surface area contributed by atoms with Crippen molar-refractivity contribution in [1.82, 2.24) is 14.2 Å². The molecular formula is C22H51N3Si2. The van der Waals surface area contributed by atoms with Crippen LogP contribution in [0.15, 0.2) is 0 Å². The highest BCUT2D eigenvalue weighted by molar-refractivity contribution is 6.91. The lowest BCUT2D eigenvalue weighted by atomic mass is 10.0. The summed E-state index contributed by atoms with van der Waals surface area (Å²) in [7, 11) is -3.32. The van der Waals surface area contributed by atoms with Crippen LogP contribution in [0.2, 0.25) is 23.7 Å². The third-order valence-electron chi connectivity index (χ3n) is 7.33. The summed E-state index contributed by atoms with van der Waals surface area (Å²) in [5, 5.41) is 0. The second-order valence-electron chi connectivity index (χ2n) is 8.69. The van der Waals surface area contributed by atoms with E-state index in [1.807, 2.05) is 0 Å². The Kier molecular flexibility index (Phi) is 12.7. The van der Waals surface area contributed by atoms with Crippen molar-refractivity contribution < 1.29 is 0 Å². The molecule has 0 atom stereocenters. The molecule has 0 saturated heterocycles. The van der Waals surface area contributed by atoms with Crippen LogP contribution in [-0.2, 0) is 0 Å². The molecular weight excluding hydrogens is 362 g/mol. The second kappa shape index (κ2) is 13.5. The minimum absolute atomic E-state index is 0.886. The van der Waals surface area contributed by atoms with Crippen LogP contribution in [-0.4, -0.2) is 40.7 Å². The van der Waals surface area contributed by atoms with E-state index in [0.717, 1.165) is 5.54 Å². The van der Waals surface area contributed by atoms with Crippen molar-refractivity contribution in [1.29, 1.82) is 0 Å². The first-order valence-electron chi connectivity index (χ1n) is 12.4. The lowest BCUT2D eigenvalue weighted by Crippen LogP contribution is -2.81. The molecule has 0 amide bonds. The summed E-state index contributed by atoms with van der Waals surface area (Å²) in [6.45, 7) is 18.2. The SMILES string of the molecule is CCCCN[Si](NCCCC)(C1CCCCC1)N(CC)[Si](CC)(CC)CC. The van der Waals surface area contributed by atoms with Gasteiger partial charge in [-0.15, -0.1) is 0 Å². The molecule has 1 aliphatic rings. The standard InChI is InChI=1S/C22H51N3Si2/c1-7-13-20-23-27(24-21-14-8-2,22-18-16-15-17-19-22)25(9-3)26(10-4,11-5)12-6/h22-24H,7-21H2,1-6H3. The molecule has 2 N–H and O–H groups in total. The van der Waals surface area contributed by atoms with Crippen LogP contribution in [0.3, 0.4) is 0 Å². The topological polar surface area (TPSA) is 27.3 Å². The van der Waals surface area contributed by atoms with Crippen LogP contribution in [0, 0.1) is 0 Å². The summed E-state index contributed by atoms with van der Waals surface area (Å²) in [4.78, 5) is 8.62. The number of hydrogen-bond acceptors (Lipinski definition) is 3. The highest BCUT2D eigenvalue weighted by Crippen LogP contribution is 2.40. The Balaban J connectivity index is 3.33. The number of nitrogens with zero attached hydrogens (tertiary/aromatic N) is 1. The Labute approximate surface area is 173 Å². The summed E-state index contributed by atoms with van der Waals surface area (Å²) in [6, 6.07) is 4.21. The fourth-order valence-corrected chi connectivity index (χ4v) is 18.6. The van der Waals surface area contributed by atoms with E-state index in [-0.39, 0.29) is 0 Å². The van der Waals surface area contributed by atoms with Crippen LogP contribution < -0.4 is 9.96 Å². The molecule has 0 bridgehead atoms. The number of rotatable bonds is 15. The third kappa shape index (κ3) is 6.40. The summed E-state index contributed by atoms with van der Waals surface area (Å²) in [5.74, 6) is 0. The zero-order chi connectivity index (χ0) is 20.2. The summed E-state index contributed by atoms with van der Waals surface area (Å²) < 4.78 is 3.15. The first kappa shape index (κ1) is 25.4. The van der Waals surface area contributed by atoms with E-state index >= 15 is 0 Å². The highest BCUT2D eigenvalue weighted by Gasteiger charge is 2.53. The van der Waals surface area contributed by atoms with Gasteiger partial charge in [-0.05, 0) is 69.0 Å². The molecule has 1 saturated carbocycles. The van der Waals surface area contributed by atoms with Gasteiger partial charge in [0.1, 0.15) is 8.24 Å². The van der Waals surface area contributed by atoms with Crippen molar-refractivity contribution in [3.63, 3.8) is 0 Å². The van der Waals surface area contributed by atoms with Crippen molar-refractivity contribution in [2.75, 3.05) is 19.6 Å². The van der Waals surface area contributed by atoms with E-state index in [0.29, 0.717) is 0 Å². The van der Waals surface area contributed by atoms with Gasteiger partial charge in [0, 0.05) is 0 Å². The highest BCUT2D eigenvalue weighted by atomic mass is 28.4. The molecule has 162 valence electrons. The maximum Gasteiger partial charge on any atom is 0.280 e. The second-order valence-corrected chi connectivity index (χ2v) is 17.8. The monoisotopic (exact) mass is 413 g/mol. The van der Waals surface area contributed by atoms with Crippen molar-refractivity contribution >= 4 is 16.8 Å². The van der Waals surface area contributed by atoms with Crippen LogP contribution in [0.1, 0.15) is 99.3 Å². The van der Waals surface area contributed by atoms with Crippen molar-refractivity contribution in [2.24, 2.45) is 0 Å². The van der Waals surface area contributed by atoms with Crippen molar-refractivity contribution in [3.8, 4) is 0 Å². The van der Waals surface area contributed by atoms with Gasteiger partial charge in [0.2, 0.25) is 0 Å². The maximum atomic E-state index is 4.31. The summed E-state index contributed by atoms with van der Waals surface area (Å²) >= 11 is 0. The maximum absolute atomic E-state index is 4.31. The molecule has 3 nitrogen and oxygen atoms in total. The van der Waals surface area contributed by atoms with Gasteiger partial charge in [-0.25, -0.2) is 0 Å². The van der Waals surface area contributed by atoms with Crippen LogP contribution >= 0.6 is 0 Å². The lowest BCUT2D eigenvalue weighted by Gasteiger charge is -2.55. The van der Waals surface area contributed by atoms with Gasteiger partial charge in [0.25, 0.3) is 8.56 Å². The summed E-state index contributed by atoms with van der Waals surface area (Å²) in [6.07, 6.45) is 12.4. The van der Waals surface area contributed by atoms with Crippen LogP contribution in [0.25, 0.3) is 0 Å². The van der Waals surface area contributed by atoms with Gasteiger partial charge in [-0.2, -0.15) is 0 Å². The van der Waals surface area contributed by atoms with Gasteiger partial charge >= 0.3 is 0 Å². The first-order chi connectivity index (χ1) is 13.1. The first-order valence-corrected chi connectivity index (χ1v) is 17.0. The van der Waals surface area contributed by atoms with Crippen molar-refractivity contribution in [3.05, 3.63) is 0 Å². The van der Waals surface area contributed by atoms with Gasteiger partial charge in [-0.1, -0.05) is 73.6 Å². The van der Waals surface area contributed by atoms with E-state index in [9.17, 15) is 0 Å². The van der Waals surface area contributed by atoms with Gasteiger partial charge in [0.05, 0.1) is 0 Å². The Morgan fingerprint density at radius 1 is 0.741 bits per heavy atom. The molecule has 0 aromatic heterocycles. The Hall–Kier alpha value is 0.314. The van der Waals surface area contributed by atoms with Crippen LogP contribution in [0.5, 0.6) is 0 Å². The minimum Gasteiger partial charge on any atom is -0.321 e. The van der Waals surface area contributed by atoms with Crippen LogP contribution in [0.4, 0.5) is 0 Å². The van der Waals surface area contributed by atoms with E-state index in [1.54, 1.807) is 0 Å². The Bertz CT molecular complexity index is 350.